The third-order valence-electron chi connectivity index (χ3n) is 3.50. The van der Waals surface area contributed by atoms with Crippen LogP contribution in [0.1, 0.15) is 16.2 Å². The second-order valence-corrected chi connectivity index (χ2v) is 5.04. The molecule has 3 rings (SSSR count). The van der Waals surface area contributed by atoms with Crippen LogP contribution in [0.2, 0.25) is 0 Å². The van der Waals surface area contributed by atoms with Crippen molar-refractivity contribution in [3.05, 3.63) is 42.0 Å². The van der Waals surface area contributed by atoms with Crippen LogP contribution in [-0.2, 0) is 13.1 Å². The van der Waals surface area contributed by atoms with E-state index in [0.717, 1.165) is 17.9 Å². The van der Waals surface area contributed by atoms with Gasteiger partial charge in [-0.3, -0.25) is 9.48 Å². The molecule has 6 heteroatoms. The number of nitrogens with zero attached hydrogens (tertiary/aromatic N) is 5. The van der Waals surface area contributed by atoms with Gasteiger partial charge in [0.25, 0.3) is 5.91 Å². The molecule has 1 aliphatic rings. The van der Waals surface area contributed by atoms with Gasteiger partial charge >= 0.3 is 0 Å². The van der Waals surface area contributed by atoms with Crippen molar-refractivity contribution >= 4 is 11.6 Å². The summed E-state index contributed by atoms with van der Waals surface area (Å²) in [6, 6.07) is 5.70. The smallest absolute Gasteiger partial charge is 0.275 e. The van der Waals surface area contributed by atoms with Gasteiger partial charge in [-0.15, -0.1) is 0 Å². The molecule has 0 atom stereocenters. The Morgan fingerprint density at radius 1 is 1.25 bits per heavy atom. The highest BCUT2D eigenvalue weighted by Crippen LogP contribution is 2.20. The SMILES string of the molecule is CN(C)c1cccnc1C(=O)N1CCn2nccc2C1. The fourth-order valence-corrected chi connectivity index (χ4v) is 2.43. The zero-order chi connectivity index (χ0) is 14.1. The van der Waals surface area contributed by atoms with Gasteiger partial charge in [0.2, 0.25) is 0 Å². The Balaban J connectivity index is 1.87. The molecule has 0 aromatic carbocycles. The monoisotopic (exact) mass is 271 g/mol. The van der Waals surface area contributed by atoms with Crippen LogP contribution in [0.4, 0.5) is 5.69 Å². The summed E-state index contributed by atoms with van der Waals surface area (Å²) in [4.78, 5) is 20.7. The van der Waals surface area contributed by atoms with Crippen molar-refractivity contribution in [2.45, 2.75) is 13.1 Å². The first-order valence-corrected chi connectivity index (χ1v) is 6.59. The topological polar surface area (TPSA) is 54.3 Å². The van der Waals surface area contributed by atoms with Gasteiger partial charge in [0.1, 0.15) is 0 Å². The van der Waals surface area contributed by atoms with Crippen molar-refractivity contribution < 1.29 is 4.79 Å². The maximum absolute atomic E-state index is 12.7. The molecule has 0 aliphatic carbocycles. The molecular formula is C14H17N5O. The Labute approximate surface area is 117 Å². The van der Waals surface area contributed by atoms with Crippen molar-refractivity contribution in [3.8, 4) is 0 Å². The van der Waals surface area contributed by atoms with Crippen molar-refractivity contribution in [1.82, 2.24) is 19.7 Å². The summed E-state index contributed by atoms with van der Waals surface area (Å²) in [5.74, 6) is -0.0262. The Hall–Kier alpha value is -2.37. The van der Waals surface area contributed by atoms with Gasteiger partial charge in [-0.25, -0.2) is 4.98 Å². The van der Waals surface area contributed by atoms with Gasteiger partial charge in [0, 0.05) is 33.0 Å². The van der Waals surface area contributed by atoms with Crippen LogP contribution in [0.15, 0.2) is 30.6 Å². The average molecular weight is 271 g/mol. The molecule has 0 N–H and O–H groups in total. The van der Waals surface area contributed by atoms with Crippen LogP contribution >= 0.6 is 0 Å². The van der Waals surface area contributed by atoms with E-state index in [-0.39, 0.29) is 5.91 Å². The van der Waals surface area contributed by atoms with Gasteiger partial charge in [0.15, 0.2) is 5.69 Å². The summed E-state index contributed by atoms with van der Waals surface area (Å²) >= 11 is 0. The fourth-order valence-electron chi connectivity index (χ4n) is 2.43. The number of hydrogen-bond donors (Lipinski definition) is 0. The molecule has 1 aliphatic heterocycles. The highest BCUT2D eigenvalue weighted by Gasteiger charge is 2.25. The lowest BCUT2D eigenvalue weighted by Crippen LogP contribution is -2.39. The van der Waals surface area contributed by atoms with Crippen LogP contribution in [-0.4, -0.2) is 46.2 Å². The normalized spacial score (nSPS) is 14.0. The highest BCUT2D eigenvalue weighted by molar-refractivity contribution is 5.97. The van der Waals surface area contributed by atoms with Crippen molar-refractivity contribution in [2.75, 3.05) is 25.5 Å². The van der Waals surface area contributed by atoms with E-state index in [1.54, 1.807) is 12.4 Å². The largest absolute Gasteiger partial charge is 0.376 e. The fraction of sp³-hybridized carbons (Fsp3) is 0.357. The van der Waals surface area contributed by atoms with Crippen molar-refractivity contribution in [2.24, 2.45) is 0 Å². The lowest BCUT2D eigenvalue weighted by Gasteiger charge is -2.28. The van der Waals surface area contributed by atoms with Crippen LogP contribution in [0, 0.1) is 0 Å². The third-order valence-corrected chi connectivity index (χ3v) is 3.50. The molecule has 1 amide bonds. The van der Waals surface area contributed by atoms with Crippen LogP contribution in [0.5, 0.6) is 0 Å². The first kappa shape index (κ1) is 12.7. The van der Waals surface area contributed by atoms with E-state index < -0.39 is 0 Å². The van der Waals surface area contributed by atoms with Gasteiger partial charge in [-0.2, -0.15) is 5.10 Å². The molecule has 2 aromatic heterocycles. The minimum Gasteiger partial charge on any atom is -0.376 e. The van der Waals surface area contributed by atoms with Crippen molar-refractivity contribution in [1.29, 1.82) is 0 Å². The molecule has 6 nitrogen and oxygen atoms in total. The van der Waals surface area contributed by atoms with E-state index in [2.05, 4.69) is 10.1 Å². The number of pyridine rings is 1. The molecule has 0 fully saturated rings. The summed E-state index contributed by atoms with van der Waals surface area (Å²) in [6.45, 7) is 1.98. The van der Waals surface area contributed by atoms with E-state index in [1.807, 2.05) is 46.8 Å². The molecule has 0 saturated heterocycles. The number of carbonyl (C=O) groups excluding carboxylic acids is 1. The first-order valence-electron chi connectivity index (χ1n) is 6.59. The molecule has 104 valence electrons. The van der Waals surface area contributed by atoms with E-state index in [0.29, 0.717) is 18.8 Å². The second kappa shape index (κ2) is 4.96. The van der Waals surface area contributed by atoms with Gasteiger partial charge in [-0.1, -0.05) is 0 Å². The molecule has 2 aromatic rings. The van der Waals surface area contributed by atoms with Crippen molar-refractivity contribution in [3.63, 3.8) is 0 Å². The predicted molar refractivity (Wildman–Crippen MR) is 75.5 cm³/mol. The number of fused-ring (bicyclic) bond motifs is 1. The molecule has 0 bridgehead atoms. The Morgan fingerprint density at radius 2 is 2.10 bits per heavy atom. The first-order chi connectivity index (χ1) is 9.66. The molecule has 20 heavy (non-hydrogen) atoms. The van der Waals surface area contributed by atoms with Crippen LogP contribution in [0.3, 0.4) is 0 Å². The van der Waals surface area contributed by atoms with E-state index in [9.17, 15) is 4.79 Å². The van der Waals surface area contributed by atoms with E-state index in [4.69, 9.17) is 0 Å². The number of carbonyl (C=O) groups is 1. The summed E-state index contributed by atoms with van der Waals surface area (Å²) in [6.07, 6.45) is 3.43. The number of aromatic nitrogens is 3. The summed E-state index contributed by atoms with van der Waals surface area (Å²) in [7, 11) is 3.83. The molecule has 0 unspecified atom stereocenters. The lowest BCUT2D eigenvalue weighted by molar-refractivity contribution is 0.0701. The number of rotatable bonds is 2. The maximum atomic E-state index is 12.7. The number of hydrogen-bond acceptors (Lipinski definition) is 4. The lowest BCUT2D eigenvalue weighted by atomic mass is 10.2. The summed E-state index contributed by atoms with van der Waals surface area (Å²) in [5.41, 5.74) is 2.41. The minimum absolute atomic E-state index is 0.0262. The zero-order valence-corrected chi connectivity index (χ0v) is 11.7. The zero-order valence-electron chi connectivity index (χ0n) is 11.7. The standard InChI is InChI=1S/C14H17N5O/c1-17(2)12-4-3-6-15-13(12)14(20)18-8-9-19-11(10-18)5-7-16-19/h3-7H,8-10H2,1-2H3. The Kier molecular flexibility index (Phi) is 3.14. The molecule has 0 saturated carbocycles. The second-order valence-electron chi connectivity index (χ2n) is 5.04. The Bertz CT molecular complexity index is 634. The molecule has 3 heterocycles. The van der Waals surface area contributed by atoms with Gasteiger partial charge in [-0.05, 0) is 18.2 Å². The highest BCUT2D eigenvalue weighted by atomic mass is 16.2. The number of anilines is 1. The number of amides is 1. The predicted octanol–water partition coefficient (Wildman–Crippen LogP) is 1.00. The molecule has 0 radical (unpaired) electrons. The minimum atomic E-state index is -0.0262. The average Bonchev–Trinajstić information content (AvgIpc) is 2.93. The Morgan fingerprint density at radius 3 is 2.90 bits per heavy atom. The third kappa shape index (κ3) is 2.13. The van der Waals surface area contributed by atoms with E-state index >= 15 is 0 Å². The molecule has 0 spiro atoms. The summed E-state index contributed by atoms with van der Waals surface area (Å²) < 4.78 is 1.94. The van der Waals surface area contributed by atoms with Crippen LogP contribution < -0.4 is 4.90 Å². The quantitative estimate of drug-likeness (QED) is 0.817. The summed E-state index contributed by atoms with van der Waals surface area (Å²) in [5, 5.41) is 4.22. The van der Waals surface area contributed by atoms with Gasteiger partial charge in [0.05, 0.1) is 24.5 Å². The maximum Gasteiger partial charge on any atom is 0.275 e. The molecular weight excluding hydrogens is 254 g/mol. The van der Waals surface area contributed by atoms with Crippen LogP contribution in [0.25, 0.3) is 0 Å². The van der Waals surface area contributed by atoms with Gasteiger partial charge < -0.3 is 9.80 Å². The van der Waals surface area contributed by atoms with E-state index in [1.165, 1.54) is 0 Å².